The van der Waals surface area contributed by atoms with Crippen LogP contribution < -0.4 is 0 Å². The second-order valence-corrected chi connectivity index (χ2v) is 4.10. The Labute approximate surface area is 87.2 Å². The van der Waals surface area contributed by atoms with Crippen LogP contribution in [0.2, 0.25) is 0 Å². The van der Waals surface area contributed by atoms with Crippen molar-refractivity contribution in [3.63, 3.8) is 0 Å². The Bertz CT molecular complexity index is 224. The molecule has 0 aromatic carbocycles. The molecule has 0 atom stereocenters. The van der Waals surface area contributed by atoms with Crippen molar-refractivity contribution in [2.24, 2.45) is 5.92 Å². The molecule has 80 valence electrons. The molecule has 0 unspecified atom stereocenters. The van der Waals surface area contributed by atoms with Gasteiger partial charge < -0.3 is 9.64 Å². The van der Waals surface area contributed by atoms with Crippen molar-refractivity contribution < 1.29 is 4.74 Å². The molecule has 0 bridgehead atoms. The summed E-state index contributed by atoms with van der Waals surface area (Å²) in [5.74, 6) is 0.724. The van der Waals surface area contributed by atoms with Gasteiger partial charge in [0.1, 0.15) is 6.26 Å². The minimum absolute atomic E-state index is 0.724. The monoisotopic (exact) mass is 195 g/mol. The van der Waals surface area contributed by atoms with Gasteiger partial charge in [0.25, 0.3) is 0 Å². The van der Waals surface area contributed by atoms with Crippen LogP contribution in [0.1, 0.15) is 26.7 Å². The first-order valence-electron chi connectivity index (χ1n) is 5.25. The highest BCUT2D eigenvalue weighted by molar-refractivity contribution is 5.02. The van der Waals surface area contributed by atoms with E-state index >= 15 is 0 Å². The summed E-state index contributed by atoms with van der Waals surface area (Å²) in [4.78, 5) is 2.38. The van der Waals surface area contributed by atoms with Crippen LogP contribution in [-0.4, -0.2) is 25.1 Å². The van der Waals surface area contributed by atoms with Crippen LogP contribution >= 0.6 is 0 Å². The number of ether oxygens (including phenoxy) is 1. The molecular formula is C12H21NO. The summed E-state index contributed by atoms with van der Waals surface area (Å²) in [5.41, 5.74) is 2.56. The van der Waals surface area contributed by atoms with E-state index in [1.165, 1.54) is 24.1 Å². The lowest BCUT2D eigenvalue weighted by Crippen LogP contribution is -2.32. The van der Waals surface area contributed by atoms with Crippen LogP contribution in [0, 0.1) is 5.92 Å². The molecular weight excluding hydrogens is 174 g/mol. The van der Waals surface area contributed by atoms with Crippen molar-refractivity contribution in [2.75, 3.05) is 20.2 Å². The van der Waals surface area contributed by atoms with Gasteiger partial charge in [-0.15, -0.1) is 0 Å². The van der Waals surface area contributed by atoms with Crippen molar-refractivity contribution in [3.05, 3.63) is 24.1 Å². The molecule has 0 aliphatic carbocycles. The Morgan fingerprint density at radius 1 is 1.36 bits per heavy atom. The fraction of sp³-hybridized carbons (Fsp3) is 0.667. The third kappa shape index (κ3) is 2.79. The lowest BCUT2D eigenvalue weighted by Gasteiger charge is -2.34. The first-order valence-corrected chi connectivity index (χ1v) is 5.25. The highest BCUT2D eigenvalue weighted by Gasteiger charge is 2.19. The molecule has 2 heteroatoms. The molecule has 1 heterocycles. The highest BCUT2D eigenvalue weighted by Crippen LogP contribution is 2.24. The topological polar surface area (TPSA) is 12.5 Å². The van der Waals surface area contributed by atoms with Crippen LogP contribution in [0.5, 0.6) is 0 Å². The van der Waals surface area contributed by atoms with E-state index in [4.69, 9.17) is 4.74 Å². The van der Waals surface area contributed by atoms with Crippen LogP contribution in [0.25, 0.3) is 0 Å². The molecule has 0 aromatic rings. The zero-order valence-corrected chi connectivity index (χ0v) is 9.55. The van der Waals surface area contributed by atoms with E-state index in [1.807, 2.05) is 6.26 Å². The van der Waals surface area contributed by atoms with Crippen molar-refractivity contribution in [1.82, 2.24) is 4.90 Å². The molecule has 14 heavy (non-hydrogen) atoms. The van der Waals surface area contributed by atoms with Gasteiger partial charge >= 0.3 is 0 Å². The average molecular weight is 195 g/mol. The van der Waals surface area contributed by atoms with Gasteiger partial charge in [-0.1, -0.05) is 12.2 Å². The molecule has 0 spiro atoms. The Hall–Kier alpha value is -0.920. The second-order valence-electron chi connectivity index (χ2n) is 4.10. The predicted octanol–water partition coefficient (Wildman–Crippen LogP) is 2.78. The van der Waals surface area contributed by atoms with Crippen LogP contribution in [0.15, 0.2) is 24.1 Å². The van der Waals surface area contributed by atoms with Crippen LogP contribution in [0.3, 0.4) is 0 Å². The molecule has 1 aliphatic heterocycles. The molecule has 1 saturated heterocycles. The summed E-state index contributed by atoms with van der Waals surface area (Å²) in [6, 6.07) is 0. The number of hydrogen-bond donors (Lipinski definition) is 0. The molecule has 0 radical (unpaired) electrons. The van der Waals surface area contributed by atoms with Crippen molar-refractivity contribution in [1.29, 1.82) is 0 Å². The van der Waals surface area contributed by atoms with Gasteiger partial charge in [-0.25, -0.2) is 0 Å². The van der Waals surface area contributed by atoms with E-state index in [-0.39, 0.29) is 0 Å². The minimum Gasteiger partial charge on any atom is -0.503 e. The maximum absolute atomic E-state index is 5.01. The van der Waals surface area contributed by atoms with Gasteiger partial charge in [-0.3, -0.25) is 0 Å². The van der Waals surface area contributed by atoms with E-state index in [2.05, 4.69) is 25.3 Å². The van der Waals surface area contributed by atoms with E-state index in [9.17, 15) is 0 Å². The summed E-state index contributed by atoms with van der Waals surface area (Å²) < 4.78 is 5.01. The van der Waals surface area contributed by atoms with Gasteiger partial charge in [0.2, 0.25) is 0 Å². The zero-order valence-electron chi connectivity index (χ0n) is 9.55. The molecule has 0 saturated carbocycles. The Morgan fingerprint density at radius 3 is 2.36 bits per heavy atom. The van der Waals surface area contributed by atoms with E-state index in [0.717, 1.165) is 19.0 Å². The molecule has 0 amide bonds. The lowest BCUT2D eigenvalue weighted by molar-refractivity contribution is 0.230. The lowest BCUT2D eigenvalue weighted by atomic mass is 9.91. The van der Waals surface area contributed by atoms with Gasteiger partial charge in [0.05, 0.1) is 7.11 Å². The Kier molecular flexibility index (Phi) is 4.05. The van der Waals surface area contributed by atoms with E-state index in [0.29, 0.717) is 0 Å². The normalized spacial score (nSPS) is 19.6. The molecule has 2 nitrogen and oxygen atoms in total. The van der Waals surface area contributed by atoms with Crippen LogP contribution in [0.4, 0.5) is 0 Å². The summed E-state index contributed by atoms with van der Waals surface area (Å²) >= 11 is 0. The summed E-state index contributed by atoms with van der Waals surface area (Å²) in [6.07, 6.45) is 4.27. The SMILES string of the molecule is C=C(C)C1CCN(/C(C)=C/OC)CC1. The first-order chi connectivity index (χ1) is 6.65. The fourth-order valence-corrected chi connectivity index (χ4v) is 1.97. The number of piperidine rings is 1. The largest absolute Gasteiger partial charge is 0.503 e. The minimum atomic E-state index is 0.724. The molecule has 1 fully saturated rings. The van der Waals surface area contributed by atoms with Crippen molar-refractivity contribution >= 4 is 0 Å². The third-order valence-corrected chi connectivity index (χ3v) is 2.98. The standard InChI is InChI=1S/C12H21NO/c1-10(2)12-5-7-13(8-6-12)11(3)9-14-4/h9,12H,1,5-8H2,2-4H3/b11-9+. The third-order valence-electron chi connectivity index (χ3n) is 2.98. The number of hydrogen-bond acceptors (Lipinski definition) is 2. The number of likely N-dealkylation sites (tertiary alicyclic amines) is 1. The first kappa shape index (κ1) is 11.2. The van der Waals surface area contributed by atoms with E-state index < -0.39 is 0 Å². The average Bonchev–Trinajstić information content (AvgIpc) is 2.18. The summed E-state index contributed by atoms with van der Waals surface area (Å²) in [5, 5.41) is 0. The highest BCUT2D eigenvalue weighted by atomic mass is 16.5. The maximum atomic E-state index is 5.01. The van der Waals surface area contributed by atoms with Crippen molar-refractivity contribution in [2.45, 2.75) is 26.7 Å². The number of methoxy groups -OCH3 is 1. The van der Waals surface area contributed by atoms with Crippen LogP contribution in [-0.2, 0) is 4.74 Å². The maximum Gasteiger partial charge on any atom is 0.101 e. The quantitative estimate of drug-likeness (QED) is 0.507. The second kappa shape index (κ2) is 5.08. The Morgan fingerprint density at radius 2 is 1.93 bits per heavy atom. The molecule has 1 rings (SSSR count). The zero-order chi connectivity index (χ0) is 10.6. The van der Waals surface area contributed by atoms with Gasteiger partial charge in [0.15, 0.2) is 0 Å². The number of nitrogens with zero attached hydrogens (tertiary/aromatic N) is 1. The molecule has 0 N–H and O–H groups in total. The molecule has 0 aromatic heterocycles. The number of allylic oxidation sites excluding steroid dienone is 2. The number of rotatable bonds is 3. The van der Waals surface area contributed by atoms with E-state index in [1.54, 1.807) is 7.11 Å². The van der Waals surface area contributed by atoms with Crippen molar-refractivity contribution in [3.8, 4) is 0 Å². The smallest absolute Gasteiger partial charge is 0.101 e. The van der Waals surface area contributed by atoms with Gasteiger partial charge in [-0.2, -0.15) is 0 Å². The summed E-state index contributed by atoms with van der Waals surface area (Å²) in [6.45, 7) is 10.5. The Balaban J connectivity index is 2.43. The summed E-state index contributed by atoms with van der Waals surface area (Å²) in [7, 11) is 1.70. The fourth-order valence-electron chi connectivity index (χ4n) is 1.97. The van der Waals surface area contributed by atoms with Gasteiger partial charge in [0, 0.05) is 18.8 Å². The van der Waals surface area contributed by atoms with Gasteiger partial charge in [-0.05, 0) is 32.6 Å². The predicted molar refractivity (Wildman–Crippen MR) is 59.9 cm³/mol. The molecule has 1 aliphatic rings.